The molecule has 1 aliphatic carbocycles. The summed E-state index contributed by atoms with van der Waals surface area (Å²) in [6, 6.07) is 15.9. The molecule has 1 aliphatic rings. The number of aryl methyl sites for hydroxylation is 2. The molecule has 1 aromatic carbocycles. The number of carbonyl (C=O) groups is 1. The van der Waals surface area contributed by atoms with Crippen molar-refractivity contribution in [3.05, 3.63) is 83.7 Å². The first kappa shape index (κ1) is 19.2. The van der Waals surface area contributed by atoms with Crippen molar-refractivity contribution in [2.75, 3.05) is 6.61 Å². The molecule has 5 nitrogen and oxygen atoms in total. The van der Waals surface area contributed by atoms with Gasteiger partial charge in [0.05, 0.1) is 18.5 Å². The van der Waals surface area contributed by atoms with E-state index < -0.39 is 0 Å². The molecule has 4 rings (SSSR count). The molecule has 2 atom stereocenters. The third-order valence-electron chi connectivity index (χ3n) is 5.66. The predicted octanol–water partition coefficient (Wildman–Crippen LogP) is 3.89. The Morgan fingerprint density at radius 2 is 1.93 bits per heavy atom. The molecule has 1 fully saturated rings. The molecule has 0 saturated heterocycles. The van der Waals surface area contributed by atoms with Gasteiger partial charge in [-0.2, -0.15) is 0 Å². The lowest BCUT2D eigenvalue weighted by Crippen LogP contribution is -2.24. The van der Waals surface area contributed by atoms with Crippen LogP contribution in [0.2, 0.25) is 0 Å². The fraction of sp³-hybridized carbons (Fsp3) is 0.333. The van der Waals surface area contributed by atoms with Crippen molar-refractivity contribution in [3.63, 3.8) is 0 Å². The summed E-state index contributed by atoms with van der Waals surface area (Å²) in [5, 5.41) is 0. The van der Waals surface area contributed by atoms with E-state index in [-0.39, 0.29) is 17.1 Å². The zero-order chi connectivity index (χ0) is 20.3. The van der Waals surface area contributed by atoms with Crippen LogP contribution in [-0.4, -0.2) is 27.3 Å². The van der Waals surface area contributed by atoms with Crippen molar-refractivity contribution >= 4 is 5.78 Å². The van der Waals surface area contributed by atoms with Gasteiger partial charge in [0.25, 0.3) is 0 Å². The Hall–Kier alpha value is -3.08. The largest absolute Gasteiger partial charge is 0.489 e. The zero-order valence-corrected chi connectivity index (χ0v) is 16.8. The lowest BCUT2D eigenvalue weighted by Gasteiger charge is -2.20. The zero-order valence-electron chi connectivity index (χ0n) is 16.8. The van der Waals surface area contributed by atoms with E-state index in [1.165, 1.54) is 0 Å². The number of ketones is 1. The van der Waals surface area contributed by atoms with Crippen LogP contribution in [0.3, 0.4) is 0 Å². The highest BCUT2D eigenvalue weighted by Gasteiger charge is 2.59. The van der Waals surface area contributed by atoms with Crippen molar-refractivity contribution in [1.29, 1.82) is 0 Å². The van der Waals surface area contributed by atoms with Crippen LogP contribution in [-0.2, 0) is 23.1 Å². The predicted molar refractivity (Wildman–Crippen MR) is 111 cm³/mol. The fourth-order valence-corrected chi connectivity index (χ4v) is 3.95. The van der Waals surface area contributed by atoms with E-state index in [9.17, 15) is 4.79 Å². The van der Waals surface area contributed by atoms with Gasteiger partial charge in [0.2, 0.25) is 0 Å². The Labute approximate surface area is 171 Å². The minimum atomic E-state index is -0.303. The first-order valence-corrected chi connectivity index (χ1v) is 10.1. The summed E-state index contributed by atoms with van der Waals surface area (Å²) in [6.07, 6.45) is 5.39. The molecule has 148 valence electrons. The number of Topliss-reactive ketones (excluding diaryl/α,β-unsaturated/α-hetero) is 1. The third-order valence-corrected chi connectivity index (χ3v) is 5.66. The normalized spacial score (nSPS) is 20.3. The van der Waals surface area contributed by atoms with E-state index in [1.807, 2.05) is 43.3 Å². The second kappa shape index (κ2) is 8.11. The van der Waals surface area contributed by atoms with Crippen molar-refractivity contribution in [2.45, 2.75) is 38.5 Å². The molecule has 29 heavy (non-hydrogen) atoms. The lowest BCUT2D eigenvalue weighted by molar-refractivity contribution is -0.120. The number of carbonyl (C=O) groups excluding carboxylic acids is 1. The van der Waals surface area contributed by atoms with Gasteiger partial charge in [0.1, 0.15) is 11.6 Å². The van der Waals surface area contributed by atoms with Crippen molar-refractivity contribution in [2.24, 2.45) is 5.92 Å². The maximum atomic E-state index is 13.0. The highest BCUT2D eigenvalue weighted by molar-refractivity contribution is 5.88. The SMILES string of the molecule is CCc1nc(C)ncc1OC[C@@]1(c2ccccc2)C[C@H]1C(=O)Cc1ccccn1. The van der Waals surface area contributed by atoms with Gasteiger partial charge in [-0.05, 0) is 37.5 Å². The number of rotatable bonds is 8. The smallest absolute Gasteiger partial charge is 0.159 e. The van der Waals surface area contributed by atoms with E-state index in [0.717, 1.165) is 35.6 Å². The number of benzene rings is 1. The van der Waals surface area contributed by atoms with Crippen LogP contribution >= 0.6 is 0 Å². The number of hydrogen-bond donors (Lipinski definition) is 0. The monoisotopic (exact) mass is 387 g/mol. The highest BCUT2D eigenvalue weighted by atomic mass is 16.5. The van der Waals surface area contributed by atoms with E-state index in [2.05, 4.69) is 34.0 Å². The second-order valence-electron chi connectivity index (χ2n) is 7.61. The molecule has 2 aromatic heterocycles. The maximum Gasteiger partial charge on any atom is 0.159 e. The summed E-state index contributed by atoms with van der Waals surface area (Å²) >= 11 is 0. The van der Waals surface area contributed by atoms with Gasteiger partial charge in [0, 0.05) is 29.6 Å². The number of ether oxygens (including phenoxy) is 1. The molecular formula is C24H25N3O2. The molecule has 0 bridgehead atoms. The van der Waals surface area contributed by atoms with Crippen LogP contribution in [0.1, 0.15) is 36.1 Å². The average Bonchev–Trinajstić information content (AvgIpc) is 3.50. The Bertz CT molecular complexity index is 992. The molecule has 0 spiro atoms. The summed E-state index contributed by atoms with van der Waals surface area (Å²) < 4.78 is 6.20. The summed E-state index contributed by atoms with van der Waals surface area (Å²) in [6.45, 7) is 4.37. The van der Waals surface area contributed by atoms with Crippen LogP contribution < -0.4 is 4.74 Å². The van der Waals surface area contributed by atoms with Crippen LogP contribution in [0.25, 0.3) is 0 Å². The van der Waals surface area contributed by atoms with Gasteiger partial charge in [-0.15, -0.1) is 0 Å². The van der Waals surface area contributed by atoms with Gasteiger partial charge < -0.3 is 4.74 Å². The Balaban J connectivity index is 1.55. The standard InChI is InChI=1S/C24H25N3O2/c1-3-21-23(15-26-17(2)27-21)29-16-24(18-9-5-4-6-10-18)14-20(24)22(28)13-19-11-7-8-12-25-19/h4-12,15,20H,3,13-14,16H2,1-2H3/t20-,24+/m0/s1. The second-order valence-corrected chi connectivity index (χ2v) is 7.61. The van der Waals surface area contributed by atoms with E-state index in [0.29, 0.717) is 18.8 Å². The van der Waals surface area contributed by atoms with Gasteiger partial charge >= 0.3 is 0 Å². The molecule has 0 radical (unpaired) electrons. The number of pyridine rings is 1. The van der Waals surface area contributed by atoms with E-state index >= 15 is 0 Å². The summed E-state index contributed by atoms with van der Waals surface area (Å²) in [7, 11) is 0. The topological polar surface area (TPSA) is 65.0 Å². The van der Waals surface area contributed by atoms with Crippen LogP contribution in [0.4, 0.5) is 0 Å². The van der Waals surface area contributed by atoms with Gasteiger partial charge in [-0.25, -0.2) is 9.97 Å². The Kier molecular flexibility index (Phi) is 5.38. The first-order valence-electron chi connectivity index (χ1n) is 10.1. The minimum Gasteiger partial charge on any atom is -0.489 e. The van der Waals surface area contributed by atoms with Crippen molar-refractivity contribution < 1.29 is 9.53 Å². The Morgan fingerprint density at radius 1 is 1.14 bits per heavy atom. The third kappa shape index (κ3) is 4.04. The molecule has 3 aromatic rings. The molecular weight excluding hydrogens is 362 g/mol. The summed E-state index contributed by atoms with van der Waals surface area (Å²) in [4.78, 5) is 26.1. The highest BCUT2D eigenvalue weighted by Crippen LogP contribution is 2.55. The molecule has 0 unspecified atom stereocenters. The molecule has 1 saturated carbocycles. The number of nitrogens with zero attached hydrogens (tertiary/aromatic N) is 3. The number of aromatic nitrogens is 3. The van der Waals surface area contributed by atoms with Crippen LogP contribution in [0.15, 0.2) is 60.9 Å². The summed E-state index contributed by atoms with van der Waals surface area (Å²) in [5.41, 5.74) is 2.55. The molecule has 2 heterocycles. The van der Waals surface area contributed by atoms with Crippen molar-refractivity contribution in [3.8, 4) is 5.75 Å². The lowest BCUT2D eigenvalue weighted by atomic mass is 9.92. The first-order chi connectivity index (χ1) is 14.1. The quantitative estimate of drug-likeness (QED) is 0.587. The molecule has 0 amide bonds. The van der Waals surface area contributed by atoms with Crippen molar-refractivity contribution in [1.82, 2.24) is 15.0 Å². The minimum absolute atomic E-state index is 0.0663. The molecule has 0 N–H and O–H groups in total. The molecule has 5 heteroatoms. The van der Waals surface area contributed by atoms with E-state index in [1.54, 1.807) is 12.4 Å². The fourth-order valence-electron chi connectivity index (χ4n) is 3.95. The average molecular weight is 387 g/mol. The Morgan fingerprint density at radius 3 is 2.66 bits per heavy atom. The van der Waals surface area contributed by atoms with Gasteiger partial charge in [0.15, 0.2) is 5.75 Å². The van der Waals surface area contributed by atoms with Crippen LogP contribution in [0.5, 0.6) is 5.75 Å². The van der Waals surface area contributed by atoms with E-state index in [4.69, 9.17) is 4.74 Å². The van der Waals surface area contributed by atoms with Crippen LogP contribution in [0, 0.1) is 12.8 Å². The number of hydrogen-bond acceptors (Lipinski definition) is 5. The van der Waals surface area contributed by atoms with Gasteiger partial charge in [-0.1, -0.05) is 43.3 Å². The summed E-state index contributed by atoms with van der Waals surface area (Å²) in [5.74, 6) is 1.59. The van der Waals surface area contributed by atoms with Gasteiger partial charge in [-0.3, -0.25) is 9.78 Å². The maximum absolute atomic E-state index is 13.0. The molecule has 0 aliphatic heterocycles.